The normalized spacial score (nSPS) is 11.9. The van der Waals surface area contributed by atoms with Crippen LogP contribution in [-0.2, 0) is 0 Å². The Hall–Kier alpha value is -7.69. The van der Waals surface area contributed by atoms with Crippen molar-refractivity contribution in [2.24, 2.45) is 0 Å². The van der Waals surface area contributed by atoms with Crippen LogP contribution in [0, 0.1) is 0 Å². The SMILES string of the molecule is c1ccc(-c2cc(-c3ccccc3)nc(-c3ccc(-n4c5ccccc5c5c4ccc4c6ccccc6n(-n6c7ccccc7c7ccccc76)c45)cc3)c2)cc1. The molecule has 0 saturated carbocycles. The Bertz CT molecular complexity index is 3390. The summed E-state index contributed by atoms with van der Waals surface area (Å²) >= 11 is 0. The molecule has 4 aromatic heterocycles. The first-order valence-electron chi connectivity index (χ1n) is 19.5. The second-order valence-corrected chi connectivity index (χ2v) is 14.8. The molecule has 0 aliphatic carbocycles. The molecule has 0 atom stereocenters. The van der Waals surface area contributed by atoms with Crippen LogP contribution < -0.4 is 0 Å². The molecule has 4 heteroatoms. The predicted molar refractivity (Wildman–Crippen MR) is 238 cm³/mol. The molecule has 12 aromatic rings. The maximum Gasteiger partial charge on any atom is 0.0816 e. The molecule has 0 unspecified atom stereocenters. The molecule has 0 fully saturated rings. The summed E-state index contributed by atoms with van der Waals surface area (Å²) in [4.78, 5) is 5.21. The van der Waals surface area contributed by atoms with E-state index in [0.29, 0.717) is 0 Å². The Morgan fingerprint density at radius 1 is 0.298 bits per heavy atom. The molecule has 0 radical (unpaired) electrons. The topological polar surface area (TPSA) is 27.7 Å². The minimum atomic E-state index is 0.946. The third-order valence-electron chi connectivity index (χ3n) is 11.6. The Morgan fingerprint density at radius 2 is 0.772 bits per heavy atom. The monoisotopic (exact) mass is 726 g/mol. The number of pyridine rings is 1. The molecule has 266 valence electrons. The number of hydrogen-bond acceptors (Lipinski definition) is 1. The van der Waals surface area contributed by atoms with Gasteiger partial charge in [0, 0.05) is 49.1 Å². The smallest absolute Gasteiger partial charge is 0.0816 e. The van der Waals surface area contributed by atoms with Gasteiger partial charge in [-0.3, -0.25) is 0 Å². The van der Waals surface area contributed by atoms with Crippen molar-refractivity contribution < 1.29 is 0 Å². The second kappa shape index (κ2) is 12.4. The summed E-state index contributed by atoms with van der Waals surface area (Å²) in [5.41, 5.74) is 14.6. The largest absolute Gasteiger partial charge is 0.309 e. The number of rotatable bonds is 5. The zero-order valence-corrected chi connectivity index (χ0v) is 30.9. The van der Waals surface area contributed by atoms with Crippen LogP contribution in [0.5, 0.6) is 0 Å². The van der Waals surface area contributed by atoms with Gasteiger partial charge in [-0.25, -0.2) is 14.3 Å². The first kappa shape index (κ1) is 31.6. The van der Waals surface area contributed by atoms with Crippen LogP contribution in [0.3, 0.4) is 0 Å². The van der Waals surface area contributed by atoms with Crippen LogP contribution in [0.2, 0.25) is 0 Å². The number of hydrogen-bond donors (Lipinski definition) is 0. The molecule has 0 spiro atoms. The van der Waals surface area contributed by atoms with Gasteiger partial charge in [0.2, 0.25) is 0 Å². The van der Waals surface area contributed by atoms with Gasteiger partial charge in [0.1, 0.15) is 0 Å². The lowest BCUT2D eigenvalue weighted by molar-refractivity contribution is 0.777. The molecule has 0 aliphatic heterocycles. The van der Waals surface area contributed by atoms with E-state index in [0.717, 1.165) is 39.3 Å². The van der Waals surface area contributed by atoms with Gasteiger partial charge in [0.05, 0.1) is 44.5 Å². The van der Waals surface area contributed by atoms with Crippen LogP contribution in [0.4, 0.5) is 0 Å². The average molecular weight is 727 g/mol. The number of nitrogens with zero attached hydrogens (tertiary/aromatic N) is 4. The Morgan fingerprint density at radius 3 is 1.39 bits per heavy atom. The van der Waals surface area contributed by atoms with Gasteiger partial charge < -0.3 is 4.57 Å². The van der Waals surface area contributed by atoms with E-state index in [-0.39, 0.29) is 0 Å². The van der Waals surface area contributed by atoms with Gasteiger partial charge in [-0.05, 0) is 71.8 Å². The lowest BCUT2D eigenvalue weighted by Gasteiger charge is -2.14. The van der Waals surface area contributed by atoms with Crippen molar-refractivity contribution in [1.82, 2.24) is 18.9 Å². The van der Waals surface area contributed by atoms with Gasteiger partial charge in [-0.2, -0.15) is 0 Å². The molecule has 4 heterocycles. The predicted octanol–water partition coefficient (Wildman–Crippen LogP) is 13.7. The van der Waals surface area contributed by atoms with Gasteiger partial charge in [-0.15, -0.1) is 0 Å². The van der Waals surface area contributed by atoms with Gasteiger partial charge in [0.15, 0.2) is 0 Å². The fraction of sp³-hybridized carbons (Fsp3) is 0. The van der Waals surface area contributed by atoms with Crippen molar-refractivity contribution >= 4 is 65.4 Å². The summed E-state index contributed by atoms with van der Waals surface area (Å²) in [5, 5.41) is 7.41. The van der Waals surface area contributed by atoms with Crippen molar-refractivity contribution in [2.45, 2.75) is 0 Å². The molecule has 8 aromatic carbocycles. The molecule has 12 rings (SSSR count). The van der Waals surface area contributed by atoms with Crippen molar-refractivity contribution in [3.8, 4) is 39.3 Å². The Labute approximate surface area is 328 Å². The molecular formula is C53H34N4. The van der Waals surface area contributed by atoms with E-state index in [4.69, 9.17) is 4.98 Å². The number of para-hydroxylation sites is 4. The Kier molecular flexibility index (Phi) is 6.89. The lowest BCUT2D eigenvalue weighted by atomic mass is 10.00. The van der Waals surface area contributed by atoms with E-state index in [1.54, 1.807) is 0 Å². The zero-order chi connectivity index (χ0) is 37.5. The standard InChI is InChI=1S/C53H34N4/c1-3-15-35(16-4-1)38-33-45(36-17-5-2-6-18-36)54-46(34-38)37-27-29-39(30-28-37)55-47-23-11-10-22-44(47)52-51(55)32-31-43-42-21-9-14-26-50(42)57(53(43)52)56-48-24-12-7-19-40(48)41-20-8-13-25-49(41)56/h1-34H. The highest BCUT2D eigenvalue weighted by atomic mass is 15.5. The first-order chi connectivity index (χ1) is 28.3. The molecular weight excluding hydrogens is 693 g/mol. The molecule has 0 saturated heterocycles. The third-order valence-corrected chi connectivity index (χ3v) is 11.6. The average Bonchev–Trinajstić information content (AvgIpc) is 3.92. The zero-order valence-electron chi connectivity index (χ0n) is 30.9. The lowest BCUT2D eigenvalue weighted by Crippen LogP contribution is -2.08. The Balaban J connectivity index is 1.10. The molecule has 0 bridgehead atoms. The van der Waals surface area contributed by atoms with Crippen LogP contribution >= 0.6 is 0 Å². The van der Waals surface area contributed by atoms with Crippen LogP contribution in [-0.4, -0.2) is 18.9 Å². The highest BCUT2D eigenvalue weighted by molar-refractivity contribution is 6.26. The summed E-state index contributed by atoms with van der Waals surface area (Å²) in [6, 6.07) is 74.2. The fourth-order valence-electron chi connectivity index (χ4n) is 9.10. The summed E-state index contributed by atoms with van der Waals surface area (Å²) in [5.74, 6) is 0. The number of benzene rings is 8. The second-order valence-electron chi connectivity index (χ2n) is 14.8. The molecule has 57 heavy (non-hydrogen) atoms. The number of fused-ring (bicyclic) bond motifs is 10. The van der Waals surface area contributed by atoms with E-state index in [1.165, 1.54) is 65.5 Å². The molecule has 0 amide bonds. The third kappa shape index (κ3) is 4.77. The van der Waals surface area contributed by atoms with Crippen LogP contribution in [0.1, 0.15) is 0 Å². The maximum absolute atomic E-state index is 5.21. The summed E-state index contributed by atoms with van der Waals surface area (Å²) in [6.45, 7) is 0. The maximum atomic E-state index is 5.21. The van der Waals surface area contributed by atoms with Crippen LogP contribution in [0.25, 0.3) is 105 Å². The van der Waals surface area contributed by atoms with Crippen molar-refractivity contribution in [3.63, 3.8) is 0 Å². The van der Waals surface area contributed by atoms with E-state index >= 15 is 0 Å². The highest BCUT2D eigenvalue weighted by Gasteiger charge is 2.23. The first-order valence-corrected chi connectivity index (χ1v) is 19.5. The summed E-state index contributed by atoms with van der Waals surface area (Å²) in [7, 11) is 0. The summed E-state index contributed by atoms with van der Waals surface area (Å²) < 4.78 is 7.31. The molecule has 0 N–H and O–H groups in total. The summed E-state index contributed by atoms with van der Waals surface area (Å²) in [6.07, 6.45) is 0. The minimum absolute atomic E-state index is 0.946. The van der Waals surface area contributed by atoms with Crippen molar-refractivity contribution in [1.29, 1.82) is 0 Å². The van der Waals surface area contributed by atoms with E-state index < -0.39 is 0 Å². The quantitative estimate of drug-likeness (QED) is 0.174. The molecule has 0 aliphatic rings. The van der Waals surface area contributed by atoms with Crippen molar-refractivity contribution in [2.75, 3.05) is 0 Å². The van der Waals surface area contributed by atoms with Gasteiger partial charge >= 0.3 is 0 Å². The van der Waals surface area contributed by atoms with Crippen LogP contribution in [0.15, 0.2) is 206 Å². The van der Waals surface area contributed by atoms with Gasteiger partial charge in [0.25, 0.3) is 0 Å². The van der Waals surface area contributed by atoms with Crippen molar-refractivity contribution in [3.05, 3.63) is 206 Å². The van der Waals surface area contributed by atoms with E-state index in [2.05, 4.69) is 214 Å². The highest BCUT2D eigenvalue weighted by Crippen LogP contribution is 2.42. The molecule has 4 nitrogen and oxygen atoms in total. The number of aromatic nitrogens is 4. The van der Waals surface area contributed by atoms with Gasteiger partial charge in [-0.1, -0.05) is 146 Å². The van der Waals surface area contributed by atoms with E-state index in [1.807, 2.05) is 6.07 Å². The minimum Gasteiger partial charge on any atom is -0.309 e. The fourth-order valence-corrected chi connectivity index (χ4v) is 9.10. The van der Waals surface area contributed by atoms with E-state index in [9.17, 15) is 0 Å².